The molecule has 8 nitrogen and oxygen atoms in total. The molecule has 0 bridgehead atoms. The van der Waals surface area contributed by atoms with E-state index in [-0.39, 0.29) is 25.5 Å². The van der Waals surface area contributed by atoms with Gasteiger partial charge in [0, 0.05) is 30.2 Å². The van der Waals surface area contributed by atoms with Crippen LogP contribution in [0.25, 0.3) is 10.9 Å². The molecule has 27 heavy (non-hydrogen) atoms. The molecule has 2 aromatic heterocycles. The molecule has 0 aliphatic rings. The van der Waals surface area contributed by atoms with E-state index in [1.165, 1.54) is 0 Å². The minimum atomic E-state index is -0.759. The van der Waals surface area contributed by atoms with Crippen molar-refractivity contribution in [3.05, 3.63) is 66.1 Å². The van der Waals surface area contributed by atoms with Gasteiger partial charge in [-0.2, -0.15) is 0 Å². The number of para-hydroxylation sites is 1. The van der Waals surface area contributed by atoms with Crippen LogP contribution >= 0.6 is 0 Å². The van der Waals surface area contributed by atoms with Crippen molar-refractivity contribution in [2.75, 3.05) is 13.1 Å². The first-order valence-electron chi connectivity index (χ1n) is 8.45. The Morgan fingerprint density at radius 2 is 1.63 bits per heavy atom. The summed E-state index contributed by atoms with van der Waals surface area (Å²) < 4.78 is 0. The third kappa shape index (κ3) is 4.91. The summed E-state index contributed by atoms with van der Waals surface area (Å²) in [5.41, 5.74) is 1.97. The van der Waals surface area contributed by atoms with Crippen LogP contribution in [0.15, 0.2) is 54.7 Å². The van der Waals surface area contributed by atoms with Gasteiger partial charge in [0.25, 0.3) is 5.91 Å². The first kappa shape index (κ1) is 18.1. The van der Waals surface area contributed by atoms with Crippen LogP contribution in [0.1, 0.15) is 16.2 Å². The third-order valence-electron chi connectivity index (χ3n) is 3.83. The Kier molecular flexibility index (Phi) is 5.78. The Hall–Kier alpha value is -3.68. The fourth-order valence-corrected chi connectivity index (χ4v) is 2.48. The maximum Gasteiger partial charge on any atom is 0.309 e. The molecule has 0 aliphatic heterocycles. The minimum Gasteiger partial charge on any atom is -0.351 e. The summed E-state index contributed by atoms with van der Waals surface area (Å²) in [6.07, 6.45) is 1.61. The maximum atomic E-state index is 12.1. The van der Waals surface area contributed by atoms with Crippen LogP contribution < -0.4 is 16.0 Å². The molecule has 0 atom stereocenters. The summed E-state index contributed by atoms with van der Waals surface area (Å²) in [5, 5.41) is 8.57. The highest BCUT2D eigenvalue weighted by Gasteiger charge is 2.13. The van der Waals surface area contributed by atoms with Gasteiger partial charge < -0.3 is 20.9 Å². The molecule has 3 aromatic rings. The lowest BCUT2D eigenvalue weighted by molar-refractivity contribution is -0.139. The summed E-state index contributed by atoms with van der Waals surface area (Å²) in [7, 11) is 0. The summed E-state index contributed by atoms with van der Waals surface area (Å²) in [4.78, 5) is 42.6. The normalized spacial score (nSPS) is 10.4. The number of pyridine rings is 1. The van der Waals surface area contributed by atoms with Gasteiger partial charge in [-0.25, -0.2) is 0 Å². The molecule has 0 spiro atoms. The number of aromatic nitrogens is 2. The number of rotatable bonds is 6. The number of amides is 3. The van der Waals surface area contributed by atoms with Crippen molar-refractivity contribution in [1.29, 1.82) is 0 Å². The largest absolute Gasteiger partial charge is 0.351 e. The van der Waals surface area contributed by atoms with E-state index in [1.54, 1.807) is 30.5 Å². The SMILES string of the molecule is O=C(NCCNC(=O)c1cc2ccccc2[nH]1)C(=O)NCc1ccccn1. The van der Waals surface area contributed by atoms with E-state index in [1.807, 2.05) is 24.3 Å². The molecule has 0 aliphatic carbocycles. The fourth-order valence-electron chi connectivity index (χ4n) is 2.48. The summed E-state index contributed by atoms with van der Waals surface area (Å²) >= 11 is 0. The number of fused-ring (bicyclic) bond motifs is 1. The van der Waals surface area contributed by atoms with Gasteiger partial charge in [0.2, 0.25) is 0 Å². The van der Waals surface area contributed by atoms with E-state index in [2.05, 4.69) is 25.9 Å². The number of carbonyl (C=O) groups excluding carboxylic acids is 3. The summed E-state index contributed by atoms with van der Waals surface area (Å²) in [5.74, 6) is -1.78. The predicted octanol–water partition coefficient (Wildman–Crippen LogP) is 0.725. The molecule has 3 rings (SSSR count). The fraction of sp³-hybridized carbons (Fsp3) is 0.158. The molecule has 0 fully saturated rings. The Morgan fingerprint density at radius 1 is 0.889 bits per heavy atom. The number of hydrogen-bond acceptors (Lipinski definition) is 4. The molecular weight excluding hydrogens is 346 g/mol. The van der Waals surface area contributed by atoms with E-state index in [4.69, 9.17) is 0 Å². The van der Waals surface area contributed by atoms with Crippen LogP contribution in [-0.4, -0.2) is 40.8 Å². The molecule has 0 saturated heterocycles. The molecule has 0 unspecified atom stereocenters. The average molecular weight is 365 g/mol. The van der Waals surface area contributed by atoms with E-state index < -0.39 is 11.8 Å². The number of nitrogens with zero attached hydrogens (tertiary/aromatic N) is 1. The van der Waals surface area contributed by atoms with Crippen LogP contribution in [0.2, 0.25) is 0 Å². The van der Waals surface area contributed by atoms with Gasteiger partial charge in [0.1, 0.15) is 5.69 Å². The van der Waals surface area contributed by atoms with Crippen molar-refractivity contribution in [2.24, 2.45) is 0 Å². The second-order valence-corrected chi connectivity index (χ2v) is 5.79. The van der Waals surface area contributed by atoms with Crippen LogP contribution in [0.5, 0.6) is 0 Å². The van der Waals surface area contributed by atoms with Gasteiger partial charge >= 0.3 is 11.8 Å². The molecule has 4 N–H and O–H groups in total. The number of hydrogen-bond donors (Lipinski definition) is 4. The molecule has 138 valence electrons. The lowest BCUT2D eigenvalue weighted by atomic mass is 10.2. The quantitative estimate of drug-likeness (QED) is 0.380. The smallest absolute Gasteiger partial charge is 0.309 e. The zero-order valence-corrected chi connectivity index (χ0v) is 14.5. The Balaban J connectivity index is 1.38. The Labute approximate surface area is 155 Å². The van der Waals surface area contributed by atoms with Crippen molar-refractivity contribution in [2.45, 2.75) is 6.54 Å². The van der Waals surface area contributed by atoms with Gasteiger partial charge in [-0.15, -0.1) is 0 Å². The van der Waals surface area contributed by atoms with Gasteiger partial charge in [-0.3, -0.25) is 19.4 Å². The monoisotopic (exact) mass is 365 g/mol. The van der Waals surface area contributed by atoms with Crippen LogP contribution in [0.4, 0.5) is 0 Å². The molecule has 1 aromatic carbocycles. The van der Waals surface area contributed by atoms with Crippen molar-refractivity contribution in [3.63, 3.8) is 0 Å². The second kappa shape index (κ2) is 8.61. The number of H-pyrrole nitrogens is 1. The molecule has 8 heteroatoms. The van der Waals surface area contributed by atoms with Gasteiger partial charge in [0.05, 0.1) is 12.2 Å². The maximum absolute atomic E-state index is 12.1. The number of benzene rings is 1. The van der Waals surface area contributed by atoms with Gasteiger partial charge in [0.15, 0.2) is 0 Å². The van der Waals surface area contributed by atoms with Crippen LogP contribution in [0, 0.1) is 0 Å². The predicted molar refractivity (Wildman–Crippen MR) is 99.7 cm³/mol. The number of carbonyl (C=O) groups is 3. The zero-order valence-electron chi connectivity index (χ0n) is 14.5. The van der Waals surface area contributed by atoms with Crippen LogP contribution in [-0.2, 0) is 16.1 Å². The van der Waals surface area contributed by atoms with E-state index in [9.17, 15) is 14.4 Å². The van der Waals surface area contributed by atoms with Crippen molar-refractivity contribution < 1.29 is 14.4 Å². The highest BCUT2D eigenvalue weighted by molar-refractivity contribution is 6.35. The lowest BCUT2D eigenvalue weighted by Gasteiger charge is -2.07. The second-order valence-electron chi connectivity index (χ2n) is 5.79. The summed E-state index contributed by atoms with van der Waals surface area (Å²) in [6.45, 7) is 0.513. The topological polar surface area (TPSA) is 116 Å². The molecule has 0 radical (unpaired) electrons. The highest BCUT2D eigenvalue weighted by Crippen LogP contribution is 2.14. The Morgan fingerprint density at radius 3 is 2.41 bits per heavy atom. The highest BCUT2D eigenvalue weighted by atomic mass is 16.2. The van der Waals surface area contributed by atoms with E-state index in [0.29, 0.717) is 11.4 Å². The van der Waals surface area contributed by atoms with Gasteiger partial charge in [-0.1, -0.05) is 24.3 Å². The summed E-state index contributed by atoms with van der Waals surface area (Å²) in [6, 6.07) is 14.6. The third-order valence-corrected chi connectivity index (χ3v) is 3.83. The van der Waals surface area contributed by atoms with Crippen molar-refractivity contribution in [3.8, 4) is 0 Å². The molecular formula is C19H19N5O3. The Bertz CT molecular complexity index is 919. The molecule has 0 saturated carbocycles. The first-order chi connectivity index (χ1) is 13.1. The molecule has 2 heterocycles. The molecule has 3 amide bonds. The van der Waals surface area contributed by atoms with Crippen LogP contribution in [0.3, 0.4) is 0 Å². The van der Waals surface area contributed by atoms with Gasteiger partial charge in [-0.05, 0) is 24.3 Å². The zero-order chi connectivity index (χ0) is 19.1. The number of aromatic amines is 1. The van der Waals surface area contributed by atoms with Crippen molar-refractivity contribution in [1.82, 2.24) is 25.9 Å². The van der Waals surface area contributed by atoms with Crippen molar-refractivity contribution >= 4 is 28.6 Å². The first-order valence-corrected chi connectivity index (χ1v) is 8.45. The average Bonchev–Trinajstić information content (AvgIpc) is 3.14. The number of nitrogens with one attached hydrogen (secondary N) is 4. The standard InChI is InChI=1S/C19H19N5O3/c25-17(16-11-13-5-1-2-7-15(13)24-16)21-9-10-22-18(26)19(27)23-12-14-6-3-4-8-20-14/h1-8,11,24H,9-10,12H2,(H,21,25)(H,22,26)(H,23,27). The van der Waals surface area contributed by atoms with E-state index >= 15 is 0 Å². The van der Waals surface area contributed by atoms with E-state index in [0.717, 1.165) is 10.9 Å². The minimum absolute atomic E-state index is 0.141. The lowest BCUT2D eigenvalue weighted by Crippen LogP contribution is -2.42.